The summed E-state index contributed by atoms with van der Waals surface area (Å²) in [7, 11) is 2.07. The molecule has 5 nitrogen and oxygen atoms in total. The van der Waals surface area contributed by atoms with Crippen molar-refractivity contribution in [3.63, 3.8) is 0 Å². The Morgan fingerprint density at radius 3 is 2.77 bits per heavy atom. The fourth-order valence-electron chi connectivity index (χ4n) is 2.20. The monoisotopic (exact) mass is 298 g/mol. The average Bonchev–Trinajstić information content (AvgIpc) is 2.54. The smallest absolute Gasteiger partial charge is 0.316 e. The van der Waals surface area contributed by atoms with E-state index in [9.17, 15) is 0 Å². The van der Waals surface area contributed by atoms with Gasteiger partial charge in [0.15, 0.2) is 0 Å². The summed E-state index contributed by atoms with van der Waals surface area (Å²) in [5.74, 6) is 0. The molecule has 2 heterocycles. The molecule has 0 N–H and O–H groups in total. The summed E-state index contributed by atoms with van der Waals surface area (Å²) in [5, 5.41) is 0. The first-order chi connectivity index (χ1) is 10.8. The molecule has 5 heteroatoms. The molecule has 0 unspecified atom stereocenters. The van der Waals surface area contributed by atoms with Gasteiger partial charge in [0.1, 0.15) is 6.10 Å². The van der Waals surface area contributed by atoms with Crippen LogP contribution in [-0.4, -0.2) is 39.5 Å². The van der Waals surface area contributed by atoms with Crippen LogP contribution in [0.5, 0.6) is 6.01 Å². The molecule has 0 aromatic carbocycles. The summed E-state index contributed by atoms with van der Waals surface area (Å²) in [6, 6.07) is 6.22. The Balaban J connectivity index is 1.92. The van der Waals surface area contributed by atoms with E-state index >= 15 is 0 Å². The Morgan fingerprint density at radius 1 is 1.27 bits per heavy atom. The summed E-state index contributed by atoms with van der Waals surface area (Å²) in [6.45, 7) is 5.40. The van der Waals surface area contributed by atoms with Crippen molar-refractivity contribution in [2.45, 2.75) is 25.5 Å². The minimum absolute atomic E-state index is 0.0297. The highest BCUT2D eigenvalue weighted by Crippen LogP contribution is 2.10. The largest absolute Gasteiger partial charge is 0.459 e. The second-order valence-electron chi connectivity index (χ2n) is 5.20. The van der Waals surface area contributed by atoms with E-state index < -0.39 is 0 Å². The third kappa shape index (κ3) is 5.61. The van der Waals surface area contributed by atoms with Gasteiger partial charge in [-0.2, -0.15) is 0 Å². The van der Waals surface area contributed by atoms with Crippen molar-refractivity contribution in [1.29, 1.82) is 0 Å². The molecular weight excluding hydrogens is 276 g/mol. The Bertz CT molecular complexity index is 547. The van der Waals surface area contributed by atoms with E-state index in [0.29, 0.717) is 6.01 Å². The maximum absolute atomic E-state index is 5.90. The highest BCUT2D eigenvalue weighted by molar-refractivity contribution is 5.08. The first-order valence-corrected chi connectivity index (χ1v) is 7.40. The molecule has 0 aliphatic carbocycles. The van der Waals surface area contributed by atoms with Crippen LogP contribution in [0, 0.1) is 0 Å². The van der Waals surface area contributed by atoms with Crippen molar-refractivity contribution < 1.29 is 4.74 Å². The number of hydrogen-bond donors (Lipinski definition) is 0. The Kier molecular flexibility index (Phi) is 6.51. The van der Waals surface area contributed by atoms with E-state index in [4.69, 9.17) is 4.74 Å². The van der Waals surface area contributed by atoms with E-state index in [2.05, 4.69) is 39.5 Å². The van der Waals surface area contributed by atoms with Crippen molar-refractivity contribution >= 4 is 0 Å². The highest BCUT2D eigenvalue weighted by atomic mass is 16.5. The van der Waals surface area contributed by atoms with Gasteiger partial charge in [-0.25, -0.2) is 9.97 Å². The third-order valence-corrected chi connectivity index (χ3v) is 3.20. The van der Waals surface area contributed by atoms with Gasteiger partial charge in [0.05, 0.1) is 0 Å². The van der Waals surface area contributed by atoms with Crippen molar-refractivity contribution in [2.24, 2.45) is 0 Å². The first-order valence-electron chi connectivity index (χ1n) is 7.40. The van der Waals surface area contributed by atoms with E-state index in [1.807, 2.05) is 18.3 Å². The molecule has 0 saturated heterocycles. The van der Waals surface area contributed by atoms with E-state index in [0.717, 1.165) is 25.9 Å². The molecule has 0 radical (unpaired) electrons. The topological polar surface area (TPSA) is 51.1 Å². The molecule has 0 saturated carbocycles. The molecule has 0 spiro atoms. The van der Waals surface area contributed by atoms with Gasteiger partial charge < -0.3 is 4.74 Å². The van der Waals surface area contributed by atoms with Crippen molar-refractivity contribution in [3.05, 3.63) is 61.2 Å². The molecule has 1 atom stereocenters. The average molecular weight is 298 g/mol. The Hall–Kier alpha value is -2.27. The van der Waals surface area contributed by atoms with Crippen LogP contribution in [0.4, 0.5) is 0 Å². The standard InChI is InChI=1S/C17H22N4O/c1-3-4-8-16(22-17-19-10-6-11-20-17)14-21(2)13-15-7-5-9-18-12-15/h3,5-7,9-12,16H,1,4,8,13-14H2,2H3/t16-/m1/s1. The van der Waals surface area contributed by atoms with E-state index in [-0.39, 0.29) is 6.10 Å². The van der Waals surface area contributed by atoms with Crippen LogP contribution in [0.15, 0.2) is 55.6 Å². The number of pyridine rings is 1. The summed E-state index contributed by atoms with van der Waals surface area (Å²) in [5.41, 5.74) is 1.18. The normalized spacial score (nSPS) is 12.1. The Morgan fingerprint density at radius 2 is 2.09 bits per heavy atom. The number of hydrogen-bond acceptors (Lipinski definition) is 5. The van der Waals surface area contributed by atoms with Crippen LogP contribution < -0.4 is 4.74 Å². The predicted molar refractivity (Wildman–Crippen MR) is 86.5 cm³/mol. The lowest BCUT2D eigenvalue weighted by atomic mass is 10.1. The molecule has 0 aliphatic heterocycles. The fraction of sp³-hybridized carbons (Fsp3) is 0.353. The molecule has 2 aromatic rings. The van der Waals surface area contributed by atoms with Crippen LogP contribution >= 0.6 is 0 Å². The third-order valence-electron chi connectivity index (χ3n) is 3.20. The summed E-state index contributed by atoms with van der Waals surface area (Å²) in [6.07, 6.45) is 10.8. The lowest BCUT2D eigenvalue weighted by Gasteiger charge is -2.24. The van der Waals surface area contributed by atoms with Crippen molar-refractivity contribution in [3.8, 4) is 6.01 Å². The second kappa shape index (κ2) is 8.89. The van der Waals surface area contributed by atoms with Crippen LogP contribution in [0.3, 0.4) is 0 Å². The van der Waals surface area contributed by atoms with E-state index in [1.54, 1.807) is 24.7 Å². The summed E-state index contributed by atoms with van der Waals surface area (Å²) in [4.78, 5) is 14.6. The zero-order chi connectivity index (χ0) is 15.6. The van der Waals surface area contributed by atoms with Gasteiger partial charge in [0.25, 0.3) is 0 Å². The van der Waals surface area contributed by atoms with Crippen LogP contribution in [-0.2, 0) is 6.54 Å². The van der Waals surface area contributed by atoms with Gasteiger partial charge in [0, 0.05) is 37.9 Å². The quantitative estimate of drug-likeness (QED) is 0.666. The SMILES string of the molecule is C=CCC[C@H](CN(C)Cc1cccnc1)Oc1ncccn1. The van der Waals surface area contributed by atoms with E-state index in [1.165, 1.54) is 5.56 Å². The molecule has 2 rings (SSSR count). The van der Waals surface area contributed by atoms with Crippen molar-refractivity contribution in [2.75, 3.05) is 13.6 Å². The van der Waals surface area contributed by atoms with Crippen LogP contribution in [0.25, 0.3) is 0 Å². The molecule has 0 aliphatic rings. The minimum Gasteiger partial charge on any atom is -0.459 e. The van der Waals surface area contributed by atoms with Gasteiger partial charge >= 0.3 is 6.01 Å². The van der Waals surface area contributed by atoms with Crippen LogP contribution in [0.2, 0.25) is 0 Å². The molecule has 0 fully saturated rings. The molecule has 116 valence electrons. The second-order valence-corrected chi connectivity index (χ2v) is 5.20. The number of ether oxygens (including phenoxy) is 1. The van der Waals surface area contributed by atoms with Gasteiger partial charge in [0.2, 0.25) is 0 Å². The molecule has 22 heavy (non-hydrogen) atoms. The molecular formula is C17H22N4O. The van der Waals surface area contributed by atoms with Crippen molar-refractivity contribution in [1.82, 2.24) is 19.9 Å². The maximum atomic E-state index is 5.90. The van der Waals surface area contributed by atoms with Gasteiger partial charge in [-0.05, 0) is 37.6 Å². The van der Waals surface area contributed by atoms with Gasteiger partial charge in [-0.15, -0.1) is 6.58 Å². The number of allylic oxidation sites excluding steroid dienone is 1. The summed E-state index contributed by atoms with van der Waals surface area (Å²) >= 11 is 0. The number of aromatic nitrogens is 3. The molecule has 0 bridgehead atoms. The molecule has 2 aromatic heterocycles. The van der Waals surface area contributed by atoms with Gasteiger partial charge in [-0.3, -0.25) is 9.88 Å². The lowest BCUT2D eigenvalue weighted by molar-refractivity contribution is 0.126. The van der Waals surface area contributed by atoms with Gasteiger partial charge in [-0.1, -0.05) is 12.1 Å². The zero-order valence-electron chi connectivity index (χ0n) is 12.9. The maximum Gasteiger partial charge on any atom is 0.316 e. The van der Waals surface area contributed by atoms with Crippen LogP contribution in [0.1, 0.15) is 18.4 Å². The Labute approximate surface area is 131 Å². The first kappa shape index (κ1) is 16.1. The lowest BCUT2D eigenvalue weighted by Crippen LogP contribution is -2.33. The zero-order valence-corrected chi connectivity index (χ0v) is 12.9. The minimum atomic E-state index is 0.0297. The summed E-state index contributed by atoms with van der Waals surface area (Å²) < 4.78 is 5.90. The number of likely N-dealkylation sites (N-methyl/N-ethyl adjacent to an activating group) is 1. The highest BCUT2D eigenvalue weighted by Gasteiger charge is 2.14. The fourth-order valence-corrected chi connectivity index (χ4v) is 2.20. The number of nitrogens with zero attached hydrogens (tertiary/aromatic N) is 4. The molecule has 0 amide bonds. The predicted octanol–water partition coefficient (Wildman–Crippen LogP) is 2.72. The number of rotatable bonds is 9.